The van der Waals surface area contributed by atoms with Gasteiger partial charge in [0.05, 0.1) is 7.11 Å². The number of ether oxygens (including phenoxy) is 2. The highest BCUT2D eigenvalue weighted by atomic mass is 79.9. The summed E-state index contributed by atoms with van der Waals surface area (Å²) in [6.45, 7) is 4.30. The number of pyridine rings is 1. The Balaban J connectivity index is 2.05. The summed E-state index contributed by atoms with van der Waals surface area (Å²) in [5.41, 5.74) is 2.17. The summed E-state index contributed by atoms with van der Waals surface area (Å²) in [6, 6.07) is 7.97. The Bertz CT molecular complexity index is 590. The second-order valence-electron chi connectivity index (χ2n) is 4.57. The van der Waals surface area contributed by atoms with E-state index in [9.17, 15) is 0 Å². The van der Waals surface area contributed by atoms with Gasteiger partial charge in [-0.25, -0.2) is 0 Å². The minimum Gasteiger partial charge on any atom is -0.493 e. The summed E-state index contributed by atoms with van der Waals surface area (Å²) < 4.78 is 12.2. The molecule has 1 heterocycles. The highest BCUT2D eigenvalue weighted by Gasteiger charge is 2.06. The molecule has 0 radical (unpaired) electrons. The Morgan fingerprint density at radius 1 is 1.14 bits per heavy atom. The summed E-state index contributed by atoms with van der Waals surface area (Å²) in [4.78, 5) is 4.12. The van der Waals surface area contributed by atoms with E-state index in [-0.39, 0.29) is 0 Å². The van der Waals surface area contributed by atoms with Gasteiger partial charge in [0, 0.05) is 29.0 Å². The molecule has 5 heteroatoms. The van der Waals surface area contributed by atoms with Crippen LogP contribution in [0.4, 0.5) is 0 Å². The first kappa shape index (κ1) is 15.8. The van der Waals surface area contributed by atoms with Crippen molar-refractivity contribution in [2.45, 2.75) is 20.1 Å². The molecule has 112 valence electrons. The standard InChI is InChI=1S/C16H19BrN2O2/c1-3-18-8-12-4-5-15(16(7-12)20-2)21-11-13-6-14(17)10-19-9-13/h4-7,9-10,18H,3,8,11H2,1-2H3. The van der Waals surface area contributed by atoms with Gasteiger partial charge in [-0.15, -0.1) is 0 Å². The molecule has 0 fully saturated rings. The van der Waals surface area contributed by atoms with E-state index in [0.717, 1.165) is 34.6 Å². The van der Waals surface area contributed by atoms with Gasteiger partial charge in [0.1, 0.15) is 6.61 Å². The maximum atomic E-state index is 5.82. The van der Waals surface area contributed by atoms with E-state index in [1.807, 2.05) is 24.3 Å². The zero-order valence-electron chi connectivity index (χ0n) is 12.2. The van der Waals surface area contributed by atoms with E-state index in [1.54, 1.807) is 19.5 Å². The molecule has 0 aliphatic heterocycles. The Morgan fingerprint density at radius 2 is 2.00 bits per heavy atom. The van der Waals surface area contributed by atoms with Gasteiger partial charge in [-0.1, -0.05) is 13.0 Å². The third kappa shape index (κ3) is 4.72. The van der Waals surface area contributed by atoms with Gasteiger partial charge in [0.15, 0.2) is 11.5 Å². The van der Waals surface area contributed by atoms with Gasteiger partial charge in [-0.3, -0.25) is 4.98 Å². The molecule has 0 amide bonds. The quantitative estimate of drug-likeness (QED) is 0.829. The van der Waals surface area contributed by atoms with Gasteiger partial charge >= 0.3 is 0 Å². The molecule has 0 aliphatic carbocycles. The van der Waals surface area contributed by atoms with Crippen molar-refractivity contribution in [3.05, 3.63) is 52.3 Å². The van der Waals surface area contributed by atoms with Crippen LogP contribution in [0.1, 0.15) is 18.1 Å². The van der Waals surface area contributed by atoms with Crippen molar-refractivity contribution >= 4 is 15.9 Å². The monoisotopic (exact) mass is 350 g/mol. The molecular formula is C16H19BrN2O2. The number of rotatable bonds is 7. The molecule has 1 aromatic carbocycles. The number of hydrogen-bond donors (Lipinski definition) is 1. The molecule has 2 aromatic rings. The molecule has 0 unspecified atom stereocenters. The van der Waals surface area contributed by atoms with Crippen LogP contribution in [0.15, 0.2) is 41.1 Å². The molecule has 1 aromatic heterocycles. The van der Waals surface area contributed by atoms with E-state index in [0.29, 0.717) is 6.61 Å². The van der Waals surface area contributed by atoms with Crippen molar-refractivity contribution in [3.8, 4) is 11.5 Å². The summed E-state index contributed by atoms with van der Waals surface area (Å²) in [5.74, 6) is 1.48. The van der Waals surface area contributed by atoms with Gasteiger partial charge in [-0.2, -0.15) is 0 Å². The van der Waals surface area contributed by atoms with Crippen LogP contribution in [0.5, 0.6) is 11.5 Å². The number of nitrogens with one attached hydrogen (secondary N) is 1. The Morgan fingerprint density at radius 3 is 2.71 bits per heavy atom. The lowest BCUT2D eigenvalue weighted by Gasteiger charge is -2.12. The van der Waals surface area contributed by atoms with Crippen LogP contribution in [0, 0.1) is 0 Å². The first-order valence-electron chi connectivity index (χ1n) is 6.82. The van der Waals surface area contributed by atoms with Crippen LogP contribution in [0.25, 0.3) is 0 Å². The fourth-order valence-corrected chi connectivity index (χ4v) is 2.32. The predicted octanol–water partition coefficient (Wildman–Crippen LogP) is 3.54. The lowest BCUT2D eigenvalue weighted by Crippen LogP contribution is -2.11. The van der Waals surface area contributed by atoms with Crippen molar-refractivity contribution < 1.29 is 9.47 Å². The van der Waals surface area contributed by atoms with Crippen molar-refractivity contribution in [1.82, 2.24) is 10.3 Å². The van der Waals surface area contributed by atoms with E-state index in [4.69, 9.17) is 9.47 Å². The van der Waals surface area contributed by atoms with Crippen molar-refractivity contribution in [1.29, 1.82) is 0 Å². The summed E-state index contributed by atoms with van der Waals surface area (Å²) in [6.07, 6.45) is 3.54. The lowest BCUT2D eigenvalue weighted by atomic mass is 10.2. The minimum absolute atomic E-state index is 0.454. The largest absolute Gasteiger partial charge is 0.493 e. The van der Waals surface area contributed by atoms with E-state index < -0.39 is 0 Å². The first-order valence-corrected chi connectivity index (χ1v) is 7.62. The molecule has 4 nitrogen and oxygen atoms in total. The van der Waals surface area contributed by atoms with Crippen molar-refractivity contribution in [2.75, 3.05) is 13.7 Å². The van der Waals surface area contributed by atoms with E-state index in [1.165, 1.54) is 5.56 Å². The molecule has 0 saturated carbocycles. The Labute approximate surface area is 133 Å². The van der Waals surface area contributed by atoms with Gasteiger partial charge < -0.3 is 14.8 Å². The Kier molecular flexibility index (Phi) is 6.02. The molecule has 2 rings (SSSR count). The molecule has 21 heavy (non-hydrogen) atoms. The van der Waals surface area contributed by atoms with Gasteiger partial charge in [0.2, 0.25) is 0 Å². The molecule has 0 spiro atoms. The minimum atomic E-state index is 0.454. The summed E-state index contributed by atoms with van der Waals surface area (Å²) >= 11 is 3.40. The van der Waals surface area contributed by atoms with E-state index in [2.05, 4.69) is 33.2 Å². The lowest BCUT2D eigenvalue weighted by molar-refractivity contribution is 0.284. The summed E-state index contributed by atoms with van der Waals surface area (Å²) in [5, 5.41) is 3.29. The maximum Gasteiger partial charge on any atom is 0.161 e. The fraction of sp³-hybridized carbons (Fsp3) is 0.312. The number of aromatic nitrogens is 1. The van der Waals surface area contributed by atoms with Crippen LogP contribution in [-0.2, 0) is 13.2 Å². The zero-order chi connectivity index (χ0) is 15.1. The number of methoxy groups -OCH3 is 1. The number of halogens is 1. The number of nitrogens with zero attached hydrogens (tertiary/aromatic N) is 1. The highest BCUT2D eigenvalue weighted by molar-refractivity contribution is 9.10. The molecule has 0 aliphatic rings. The number of hydrogen-bond acceptors (Lipinski definition) is 4. The third-order valence-electron chi connectivity index (χ3n) is 2.96. The molecular weight excluding hydrogens is 332 g/mol. The average Bonchev–Trinajstić information content (AvgIpc) is 2.51. The number of benzene rings is 1. The first-order chi connectivity index (χ1) is 10.2. The highest BCUT2D eigenvalue weighted by Crippen LogP contribution is 2.29. The SMILES string of the molecule is CCNCc1ccc(OCc2cncc(Br)c2)c(OC)c1. The Hall–Kier alpha value is -1.59. The fourth-order valence-electron chi connectivity index (χ4n) is 1.91. The molecule has 0 bridgehead atoms. The van der Waals surface area contributed by atoms with Crippen LogP contribution < -0.4 is 14.8 Å². The van der Waals surface area contributed by atoms with Gasteiger partial charge in [-0.05, 0) is 46.2 Å². The zero-order valence-corrected chi connectivity index (χ0v) is 13.8. The molecule has 1 N–H and O–H groups in total. The smallest absolute Gasteiger partial charge is 0.161 e. The van der Waals surface area contributed by atoms with E-state index >= 15 is 0 Å². The van der Waals surface area contributed by atoms with Crippen LogP contribution in [0.2, 0.25) is 0 Å². The average molecular weight is 351 g/mol. The van der Waals surface area contributed by atoms with Gasteiger partial charge in [0.25, 0.3) is 0 Å². The summed E-state index contributed by atoms with van der Waals surface area (Å²) in [7, 11) is 1.65. The third-order valence-corrected chi connectivity index (χ3v) is 3.40. The molecule has 0 atom stereocenters. The predicted molar refractivity (Wildman–Crippen MR) is 86.6 cm³/mol. The van der Waals surface area contributed by atoms with Crippen LogP contribution in [0.3, 0.4) is 0 Å². The van der Waals surface area contributed by atoms with Crippen LogP contribution in [-0.4, -0.2) is 18.6 Å². The second-order valence-corrected chi connectivity index (χ2v) is 5.48. The molecule has 0 saturated heterocycles. The normalized spacial score (nSPS) is 10.4. The van der Waals surface area contributed by atoms with Crippen molar-refractivity contribution in [3.63, 3.8) is 0 Å². The maximum absolute atomic E-state index is 5.82. The second kappa shape index (κ2) is 8.00. The van der Waals surface area contributed by atoms with Crippen molar-refractivity contribution in [2.24, 2.45) is 0 Å². The topological polar surface area (TPSA) is 43.4 Å². The van der Waals surface area contributed by atoms with Crippen LogP contribution >= 0.6 is 15.9 Å².